The molecule has 6 nitrogen and oxygen atoms in total. The minimum absolute atomic E-state index is 0.0864. The fourth-order valence-electron chi connectivity index (χ4n) is 3.88. The topological polar surface area (TPSA) is 69.7 Å². The third-order valence-corrected chi connectivity index (χ3v) is 6.72. The SMILES string of the molecule is CCN(Cc1ccc(Cl)s1)C(=O)CN1C(=O)N[C@]2(CCCC[C@H]2C)C1=O. The number of thiophene rings is 1. The van der Waals surface area contributed by atoms with Gasteiger partial charge in [-0.3, -0.25) is 14.5 Å². The molecule has 0 unspecified atom stereocenters. The first-order chi connectivity index (χ1) is 12.4. The maximum absolute atomic E-state index is 13.0. The van der Waals surface area contributed by atoms with E-state index in [1.807, 2.05) is 19.9 Å². The Morgan fingerprint density at radius 3 is 2.81 bits per heavy atom. The van der Waals surface area contributed by atoms with Crippen LogP contribution in [0.25, 0.3) is 0 Å². The summed E-state index contributed by atoms with van der Waals surface area (Å²) in [4.78, 5) is 41.8. The van der Waals surface area contributed by atoms with Gasteiger partial charge in [0, 0.05) is 11.4 Å². The Morgan fingerprint density at radius 1 is 1.42 bits per heavy atom. The quantitative estimate of drug-likeness (QED) is 0.775. The number of amides is 4. The van der Waals surface area contributed by atoms with E-state index in [9.17, 15) is 14.4 Å². The second kappa shape index (κ2) is 7.56. The largest absolute Gasteiger partial charge is 0.336 e. The van der Waals surface area contributed by atoms with Gasteiger partial charge < -0.3 is 10.2 Å². The molecule has 3 rings (SSSR count). The van der Waals surface area contributed by atoms with Gasteiger partial charge in [0.1, 0.15) is 12.1 Å². The van der Waals surface area contributed by atoms with Gasteiger partial charge in [0.05, 0.1) is 10.9 Å². The Hall–Kier alpha value is -1.60. The van der Waals surface area contributed by atoms with Crippen LogP contribution in [-0.4, -0.2) is 46.3 Å². The number of carbonyl (C=O) groups excluding carboxylic acids is 3. The first-order valence-corrected chi connectivity index (χ1v) is 10.2. The van der Waals surface area contributed by atoms with E-state index >= 15 is 0 Å². The molecule has 1 aliphatic heterocycles. The van der Waals surface area contributed by atoms with Gasteiger partial charge in [0.2, 0.25) is 5.91 Å². The Bertz CT molecular complexity index is 722. The highest BCUT2D eigenvalue weighted by molar-refractivity contribution is 7.16. The number of carbonyl (C=O) groups is 3. The number of nitrogens with one attached hydrogen (secondary N) is 1. The van der Waals surface area contributed by atoms with Gasteiger partial charge in [0.15, 0.2) is 0 Å². The van der Waals surface area contributed by atoms with Crippen LogP contribution in [0.2, 0.25) is 4.34 Å². The van der Waals surface area contributed by atoms with Crippen molar-refractivity contribution in [2.45, 2.75) is 51.6 Å². The number of hydrogen-bond acceptors (Lipinski definition) is 4. The van der Waals surface area contributed by atoms with E-state index in [1.165, 1.54) is 11.3 Å². The number of likely N-dealkylation sites (N-methyl/N-ethyl adjacent to an activating group) is 1. The summed E-state index contributed by atoms with van der Waals surface area (Å²) in [5.41, 5.74) is -0.825. The number of hydrogen-bond donors (Lipinski definition) is 1. The highest BCUT2D eigenvalue weighted by atomic mass is 35.5. The lowest BCUT2D eigenvalue weighted by Gasteiger charge is -2.36. The third-order valence-electron chi connectivity index (χ3n) is 5.50. The van der Waals surface area contributed by atoms with E-state index in [-0.39, 0.29) is 24.3 Å². The van der Waals surface area contributed by atoms with Gasteiger partial charge in [-0.05, 0) is 37.8 Å². The van der Waals surface area contributed by atoms with Crippen molar-refractivity contribution >= 4 is 40.8 Å². The van der Waals surface area contributed by atoms with E-state index in [2.05, 4.69) is 5.32 Å². The Kier molecular flexibility index (Phi) is 5.58. The molecule has 4 amide bonds. The average molecular weight is 398 g/mol. The number of urea groups is 1. The van der Waals surface area contributed by atoms with Crippen LogP contribution in [0.4, 0.5) is 4.79 Å². The smallest absolute Gasteiger partial charge is 0.325 e. The molecule has 1 N–H and O–H groups in total. The molecule has 2 atom stereocenters. The highest BCUT2D eigenvalue weighted by Crippen LogP contribution is 2.38. The van der Waals surface area contributed by atoms with Crippen molar-refractivity contribution in [3.05, 3.63) is 21.3 Å². The summed E-state index contributed by atoms with van der Waals surface area (Å²) < 4.78 is 0.672. The minimum atomic E-state index is -0.825. The van der Waals surface area contributed by atoms with Crippen molar-refractivity contribution in [1.29, 1.82) is 0 Å². The number of rotatable bonds is 5. The molecule has 0 radical (unpaired) electrons. The predicted molar refractivity (Wildman–Crippen MR) is 101 cm³/mol. The van der Waals surface area contributed by atoms with Crippen LogP contribution in [0.1, 0.15) is 44.4 Å². The minimum Gasteiger partial charge on any atom is -0.336 e. The van der Waals surface area contributed by atoms with Crippen LogP contribution < -0.4 is 5.32 Å². The van der Waals surface area contributed by atoms with E-state index in [0.717, 1.165) is 29.0 Å². The zero-order chi connectivity index (χ0) is 18.9. The van der Waals surface area contributed by atoms with Crippen molar-refractivity contribution in [3.63, 3.8) is 0 Å². The molecule has 2 heterocycles. The van der Waals surface area contributed by atoms with Gasteiger partial charge >= 0.3 is 6.03 Å². The zero-order valence-corrected chi connectivity index (χ0v) is 16.7. The first-order valence-electron chi connectivity index (χ1n) is 9.03. The van der Waals surface area contributed by atoms with Crippen molar-refractivity contribution < 1.29 is 14.4 Å². The second-order valence-corrected chi connectivity index (χ2v) is 8.85. The second-order valence-electron chi connectivity index (χ2n) is 7.05. The molecule has 1 spiro atoms. The molecule has 1 aromatic rings. The molecule has 1 aromatic heterocycles. The monoisotopic (exact) mass is 397 g/mol. The van der Waals surface area contributed by atoms with Crippen molar-refractivity contribution in [2.75, 3.05) is 13.1 Å². The Morgan fingerprint density at radius 2 is 2.19 bits per heavy atom. The summed E-state index contributed by atoms with van der Waals surface area (Å²) in [7, 11) is 0. The molecule has 26 heavy (non-hydrogen) atoms. The summed E-state index contributed by atoms with van der Waals surface area (Å²) >= 11 is 7.37. The molecule has 2 fully saturated rings. The van der Waals surface area contributed by atoms with Gasteiger partial charge in [0.25, 0.3) is 5.91 Å². The van der Waals surface area contributed by atoms with E-state index in [0.29, 0.717) is 23.8 Å². The van der Waals surface area contributed by atoms with Gasteiger partial charge in [-0.1, -0.05) is 31.4 Å². The molecule has 1 saturated heterocycles. The zero-order valence-electron chi connectivity index (χ0n) is 15.1. The highest BCUT2D eigenvalue weighted by Gasteiger charge is 2.55. The summed E-state index contributed by atoms with van der Waals surface area (Å²) in [6, 6.07) is 3.23. The fraction of sp³-hybridized carbons (Fsp3) is 0.611. The first kappa shape index (κ1) is 19.2. The van der Waals surface area contributed by atoms with Gasteiger partial charge in [-0.2, -0.15) is 0 Å². The van der Waals surface area contributed by atoms with E-state index < -0.39 is 11.6 Å². The van der Waals surface area contributed by atoms with Gasteiger partial charge in [-0.25, -0.2) is 4.79 Å². The molecule has 8 heteroatoms. The lowest BCUT2D eigenvalue weighted by atomic mass is 9.73. The third kappa shape index (κ3) is 3.47. The number of nitrogens with zero attached hydrogens (tertiary/aromatic N) is 2. The van der Waals surface area contributed by atoms with Crippen molar-refractivity contribution in [3.8, 4) is 0 Å². The summed E-state index contributed by atoms with van der Waals surface area (Å²) in [6.07, 6.45) is 3.54. The fourth-order valence-corrected chi connectivity index (χ4v) is 4.98. The number of imide groups is 1. The lowest BCUT2D eigenvalue weighted by molar-refractivity contribution is -0.140. The molecule has 2 aliphatic rings. The Labute approximate surface area is 162 Å². The summed E-state index contributed by atoms with van der Waals surface area (Å²) in [5, 5.41) is 2.89. The molecule has 142 valence electrons. The number of halogens is 1. The normalized spacial score (nSPS) is 25.7. The molecular formula is C18H24ClN3O3S. The molecule has 0 aromatic carbocycles. The van der Waals surface area contributed by atoms with Gasteiger partial charge in [-0.15, -0.1) is 11.3 Å². The maximum atomic E-state index is 13.0. The van der Waals surface area contributed by atoms with Crippen LogP contribution in [0.3, 0.4) is 0 Å². The van der Waals surface area contributed by atoms with Crippen LogP contribution in [-0.2, 0) is 16.1 Å². The van der Waals surface area contributed by atoms with Crippen molar-refractivity contribution in [1.82, 2.24) is 15.1 Å². The van der Waals surface area contributed by atoms with Crippen LogP contribution in [0.5, 0.6) is 0 Å². The van der Waals surface area contributed by atoms with E-state index in [1.54, 1.807) is 11.0 Å². The summed E-state index contributed by atoms with van der Waals surface area (Å²) in [5.74, 6) is -0.400. The predicted octanol–water partition coefficient (Wildman–Crippen LogP) is 3.25. The lowest BCUT2D eigenvalue weighted by Crippen LogP contribution is -2.54. The van der Waals surface area contributed by atoms with Crippen LogP contribution in [0.15, 0.2) is 12.1 Å². The van der Waals surface area contributed by atoms with E-state index in [4.69, 9.17) is 11.6 Å². The summed E-state index contributed by atoms with van der Waals surface area (Å²) in [6.45, 7) is 4.59. The van der Waals surface area contributed by atoms with Crippen LogP contribution >= 0.6 is 22.9 Å². The molecule has 1 saturated carbocycles. The Balaban J connectivity index is 1.69. The average Bonchev–Trinajstić information content (AvgIpc) is 3.12. The van der Waals surface area contributed by atoms with Crippen LogP contribution in [0, 0.1) is 5.92 Å². The molecule has 0 bridgehead atoms. The molecular weight excluding hydrogens is 374 g/mol. The standard InChI is InChI=1S/C18H24ClN3O3S/c1-3-21(10-13-7-8-14(19)26-13)15(23)11-22-16(24)18(20-17(22)25)9-5-4-6-12(18)2/h7-8,12H,3-6,9-11H2,1-2H3,(H,20,25)/t12-,18+/m1/s1. The maximum Gasteiger partial charge on any atom is 0.325 e. The molecule has 1 aliphatic carbocycles. The van der Waals surface area contributed by atoms with Crippen molar-refractivity contribution in [2.24, 2.45) is 5.92 Å².